The summed E-state index contributed by atoms with van der Waals surface area (Å²) in [5.41, 5.74) is 6.11. The number of imide groups is 1. The van der Waals surface area contributed by atoms with Crippen LogP contribution in [-0.2, 0) is 9.59 Å². The lowest BCUT2D eigenvalue weighted by molar-refractivity contribution is -0.122. The van der Waals surface area contributed by atoms with E-state index in [0.717, 1.165) is 42.5 Å². The van der Waals surface area contributed by atoms with Gasteiger partial charge in [-0.1, -0.05) is 28.8 Å². The molecule has 0 unspecified atom stereocenters. The van der Waals surface area contributed by atoms with Crippen LogP contribution in [-0.4, -0.2) is 11.8 Å². The van der Waals surface area contributed by atoms with Crippen LogP contribution in [0.25, 0.3) is 0 Å². The van der Waals surface area contributed by atoms with Gasteiger partial charge in [0.2, 0.25) is 11.8 Å². The van der Waals surface area contributed by atoms with Crippen LogP contribution in [0.15, 0.2) is 29.3 Å². The highest BCUT2D eigenvalue weighted by molar-refractivity contribution is 6.23. The number of carbonyl (C=O) groups is 2. The van der Waals surface area contributed by atoms with Crippen LogP contribution in [0.1, 0.15) is 49.7 Å². The lowest BCUT2D eigenvalue weighted by atomic mass is 9.66. The van der Waals surface area contributed by atoms with Gasteiger partial charge in [0.25, 0.3) is 0 Å². The second-order valence-electron chi connectivity index (χ2n) is 8.40. The maximum Gasteiger partial charge on any atom is 0.238 e. The van der Waals surface area contributed by atoms with E-state index >= 15 is 0 Å². The maximum absolute atomic E-state index is 13.4. The van der Waals surface area contributed by atoms with Crippen LogP contribution in [0.4, 0.5) is 5.69 Å². The Balaban J connectivity index is 1.62. The first kappa shape index (κ1) is 15.4. The molecule has 4 aliphatic rings. The van der Waals surface area contributed by atoms with Crippen molar-refractivity contribution >= 4 is 17.5 Å². The van der Waals surface area contributed by atoms with Crippen molar-refractivity contribution in [3.8, 4) is 0 Å². The van der Waals surface area contributed by atoms with Crippen LogP contribution >= 0.6 is 0 Å². The summed E-state index contributed by atoms with van der Waals surface area (Å²) in [6.45, 7) is 4.05. The van der Waals surface area contributed by atoms with Gasteiger partial charge in [0.1, 0.15) is 0 Å². The van der Waals surface area contributed by atoms with Gasteiger partial charge in [-0.25, -0.2) is 4.90 Å². The Bertz CT molecular complexity index is 779. The number of hydrogen-bond donors (Lipinski definition) is 0. The van der Waals surface area contributed by atoms with Crippen LogP contribution < -0.4 is 4.90 Å². The quantitative estimate of drug-likeness (QED) is 0.566. The van der Waals surface area contributed by atoms with E-state index in [1.54, 1.807) is 16.0 Å². The summed E-state index contributed by atoms with van der Waals surface area (Å²) in [4.78, 5) is 28.3. The molecular formula is C22H25NO2. The molecule has 0 N–H and O–H groups in total. The molecule has 4 atom stereocenters. The number of anilines is 1. The molecule has 1 heterocycles. The molecule has 2 amide bonds. The van der Waals surface area contributed by atoms with Crippen molar-refractivity contribution in [2.75, 3.05) is 4.90 Å². The molecule has 2 saturated carbocycles. The van der Waals surface area contributed by atoms with Crippen molar-refractivity contribution in [1.82, 2.24) is 0 Å². The standard InChI is InChI=1S/C22H25NO2/c1-12-9-10-18(13(2)11-12)23-21(24)19-16-7-3-5-14(16)15-6-4-8-17(15)20(19)22(23)25/h9-11,16-17,19-20H,3-8H2,1-2H3/t16-,17-,19-,20+/m0/s1. The summed E-state index contributed by atoms with van der Waals surface area (Å²) in [5.74, 6) is 0.604. The van der Waals surface area contributed by atoms with Crippen molar-refractivity contribution in [3.63, 3.8) is 0 Å². The van der Waals surface area contributed by atoms with Gasteiger partial charge in [-0.2, -0.15) is 0 Å². The summed E-state index contributed by atoms with van der Waals surface area (Å²) in [7, 11) is 0. The second-order valence-corrected chi connectivity index (χ2v) is 8.40. The second kappa shape index (κ2) is 5.30. The molecule has 0 radical (unpaired) electrons. The van der Waals surface area contributed by atoms with Crippen molar-refractivity contribution in [2.24, 2.45) is 23.7 Å². The highest BCUT2D eigenvalue weighted by atomic mass is 16.2. The van der Waals surface area contributed by atoms with E-state index in [9.17, 15) is 9.59 Å². The monoisotopic (exact) mass is 335 g/mol. The maximum atomic E-state index is 13.4. The van der Waals surface area contributed by atoms with Crippen LogP contribution in [0.3, 0.4) is 0 Å². The SMILES string of the molecule is Cc1ccc(N2C(=O)[C@@H]3[C@H](C2=O)[C@H]2CCCC2=C2CCC[C@@H]23)c(C)c1. The van der Waals surface area contributed by atoms with Crippen molar-refractivity contribution < 1.29 is 9.59 Å². The van der Waals surface area contributed by atoms with Gasteiger partial charge in [-0.3, -0.25) is 9.59 Å². The average molecular weight is 335 g/mol. The van der Waals surface area contributed by atoms with Crippen molar-refractivity contribution in [1.29, 1.82) is 0 Å². The minimum atomic E-state index is -0.0995. The summed E-state index contributed by atoms with van der Waals surface area (Å²) < 4.78 is 0. The van der Waals surface area contributed by atoms with E-state index in [-0.39, 0.29) is 23.7 Å². The van der Waals surface area contributed by atoms with Gasteiger partial charge in [0.05, 0.1) is 17.5 Å². The summed E-state index contributed by atoms with van der Waals surface area (Å²) >= 11 is 0. The molecule has 5 rings (SSSR count). The van der Waals surface area contributed by atoms with Gasteiger partial charge in [0.15, 0.2) is 0 Å². The van der Waals surface area contributed by atoms with Gasteiger partial charge in [0, 0.05) is 0 Å². The van der Waals surface area contributed by atoms with Crippen molar-refractivity contribution in [3.05, 3.63) is 40.5 Å². The first-order valence-electron chi connectivity index (χ1n) is 9.75. The normalized spacial score (nSPS) is 33.8. The minimum Gasteiger partial charge on any atom is -0.274 e. The zero-order chi connectivity index (χ0) is 17.3. The average Bonchev–Trinajstić information content (AvgIpc) is 3.26. The largest absolute Gasteiger partial charge is 0.274 e. The lowest BCUT2D eigenvalue weighted by Crippen LogP contribution is -2.35. The van der Waals surface area contributed by atoms with Crippen LogP contribution in [0.2, 0.25) is 0 Å². The number of aryl methyl sites for hydroxylation is 2. The fraction of sp³-hybridized carbons (Fsp3) is 0.545. The fourth-order valence-corrected chi connectivity index (χ4v) is 6.19. The molecule has 25 heavy (non-hydrogen) atoms. The molecule has 130 valence electrons. The Morgan fingerprint density at radius 1 is 0.880 bits per heavy atom. The Kier molecular flexibility index (Phi) is 3.25. The summed E-state index contributed by atoms with van der Waals surface area (Å²) in [5, 5.41) is 0. The van der Waals surface area contributed by atoms with E-state index in [1.165, 1.54) is 12.8 Å². The predicted molar refractivity (Wildman–Crippen MR) is 97.1 cm³/mol. The topological polar surface area (TPSA) is 37.4 Å². The highest BCUT2D eigenvalue weighted by Crippen LogP contribution is 2.58. The molecule has 0 bridgehead atoms. The van der Waals surface area contributed by atoms with E-state index in [2.05, 4.69) is 6.07 Å². The lowest BCUT2D eigenvalue weighted by Gasteiger charge is -2.34. The number of fused-ring (bicyclic) bond motifs is 5. The van der Waals surface area contributed by atoms with Gasteiger partial charge in [-0.15, -0.1) is 0 Å². The highest BCUT2D eigenvalue weighted by Gasteiger charge is 2.59. The van der Waals surface area contributed by atoms with Crippen LogP contribution in [0.5, 0.6) is 0 Å². The van der Waals surface area contributed by atoms with Crippen molar-refractivity contribution in [2.45, 2.75) is 52.4 Å². The zero-order valence-corrected chi connectivity index (χ0v) is 15.0. The van der Waals surface area contributed by atoms with E-state index < -0.39 is 0 Å². The molecule has 1 saturated heterocycles. The molecular weight excluding hydrogens is 310 g/mol. The third-order valence-corrected chi connectivity index (χ3v) is 7.09. The molecule has 3 fully saturated rings. The zero-order valence-electron chi connectivity index (χ0n) is 15.0. The Hall–Kier alpha value is -1.90. The fourth-order valence-electron chi connectivity index (χ4n) is 6.19. The number of nitrogens with zero attached hydrogens (tertiary/aromatic N) is 1. The number of allylic oxidation sites excluding steroid dienone is 2. The molecule has 1 aromatic carbocycles. The Labute approximate surface area is 149 Å². The van der Waals surface area contributed by atoms with E-state index in [0.29, 0.717) is 11.8 Å². The molecule has 1 aliphatic heterocycles. The summed E-state index contributed by atoms with van der Waals surface area (Å²) in [6, 6.07) is 6.03. The number of benzene rings is 1. The smallest absolute Gasteiger partial charge is 0.238 e. The molecule has 3 nitrogen and oxygen atoms in total. The van der Waals surface area contributed by atoms with Gasteiger partial charge < -0.3 is 0 Å². The number of rotatable bonds is 1. The third kappa shape index (κ3) is 1.98. The number of amides is 2. The van der Waals surface area contributed by atoms with Gasteiger partial charge in [-0.05, 0) is 75.8 Å². The predicted octanol–water partition coefficient (Wildman–Crippen LogP) is 4.32. The molecule has 0 aromatic heterocycles. The first-order valence-corrected chi connectivity index (χ1v) is 9.75. The Morgan fingerprint density at radius 3 is 1.96 bits per heavy atom. The molecule has 3 aliphatic carbocycles. The van der Waals surface area contributed by atoms with E-state index in [1.807, 2.05) is 26.0 Å². The third-order valence-electron chi connectivity index (χ3n) is 7.09. The van der Waals surface area contributed by atoms with Gasteiger partial charge >= 0.3 is 0 Å². The number of carbonyl (C=O) groups excluding carboxylic acids is 2. The molecule has 1 aromatic rings. The van der Waals surface area contributed by atoms with E-state index in [4.69, 9.17) is 0 Å². The number of hydrogen-bond acceptors (Lipinski definition) is 2. The Morgan fingerprint density at radius 2 is 1.44 bits per heavy atom. The first-order chi connectivity index (χ1) is 12.1. The van der Waals surface area contributed by atoms with Crippen LogP contribution in [0, 0.1) is 37.5 Å². The molecule has 3 heteroatoms. The molecule has 0 spiro atoms. The minimum absolute atomic E-state index is 0.0669. The summed E-state index contributed by atoms with van der Waals surface area (Å²) in [6.07, 6.45) is 6.86.